The molecule has 0 aliphatic heterocycles. The van der Waals surface area contributed by atoms with Crippen molar-refractivity contribution in [2.45, 2.75) is 31.2 Å². The van der Waals surface area contributed by atoms with Gasteiger partial charge in [0.2, 0.25) is 5.91 Å². The molecular formula is C24H25N3O5. The minimum absolute atomic E-state index is 0.101. The first kappa shape index (κ1) is 22.8. The molecule has 2 N–H and O–H groups in total. The molecule has 0 radical (unpaired) electrons. The van der Waals surface area contributed by atoms with Crippen LogP contribution in [0, 0.1) is 11.3 Å². The van der Waals surface area contributed by atoms with Crippen molar-refractivity contribution in [3.63, 3.8) is 0 Å². The number of nitrogens with one attached hydrogen (secondary N) is 1. The average Bonchev–Trinajstić information content (AvgIpc) is 3.10. The van der Waals surface area contributed by atoms with Gasteiger partial charge < -0.3 is 20.1 Å². The summed E-state index contributed by atoms with van der Waals surface area (Å²) in [5, 5.41) is 20.2. The standard InChI is InChI=1S/C24H25N3O5/c1-27(14-22(28)29)23(30)21(12-6-7-13-25)26-24(31)32-15-20-18-10-4-2-8-16(18)17-9-3-5-11-19(17)20/h2-5,8-11,20-21H,6-7,12,14-15H2,1H3,(H,26,31)(H,28,29). The van der Waals surface area contributed by atoms with Crippen LogP contribution < -0.4 is 5.32 Å². The van der Waals surface area contributed by atoms with Gasteiger partial charge in [-0.15, -0.1) is 0 Å². The number of rotatable bonds is 9. The second-order valence-electron chi connectivity index (χ2n) is 7.66. The van der Waals surface area contributed by atoms with Gasteiger partial charge in [0.15, 0.2) is 0 Å². The Kier molecular flexibility index (Phi) is 7.45. The number of fused-ring (bicyclic) bond motifs is 3. The summed E-state index contributed by atoms with van der Waals surface area (Å²) in [6.45, 7) is -0.385. The molecule has 0 fully saturated rings. The number of carboxylic acid groups (broad SMARTS) is 1. The molecular weight excluding hydrogens is 410 g/mol. The van der Waals surface area contributed by atoms with Crippen LogP contribution in [0.5, 0.6) is 0 Å². The monoisotopic (exact) mass is 435 g/mol. The quantitative estimate of drug-likeness (QED) is 0.584. The van der Waals surface area contributed by atoms with Crippen molar-refractivity contribution in [1.82, 2.24) is 10.2 Å². The number of unbranched alkanes of at least 4 members (excludes halogenated alkanes) is 1. The zero-order valence-electron chi connectivity index (χ0n) is 17.8. The van der Waals surface area contributed by atoms with Crippen molar-refractivity contribution in [2.24, 2.45) is 0 Å². The Balaban J connectivity index is 1.67. The van der Waals surface area contributed by atoms with E-state index in [4.69, 9.17) is 15.1 Å². The van der Waals surface area contributed by atoms with Gasteiger partial charge in [0.05, 0.1) is 6.07 Å². The number of likely N-dealkylation sites (N-methyl/N-ethyl adjacent to an activating group) is 1. The highest BCUT2D eigenvalue weighted by molar-refractivity contribution is 5.88. The van der Waals surface area contributed by atoms with E-state index in [2.05, 4.69) is 5.32 Å². The van der Waals surface area contributed by atoms with Crippen LogP contribution in [0.4, 0.5) is 4.79 Å². The molecule has 3 rings (SSSR count). The molecule has 0 bridgehead atoms. The highest BCUT2D eigenvalue weighted by Gasteiger charge is 2.30. The van der Waals surface area contributed by atoms with Crippen LogP contribution >= 0.6 is 0 Å². The smallest absolute Gasteiger partial charge is 0.407 e. The van der Waals surface area contributed by atoms with Crippen LogP contribution in [0.15, 0.2) is 48.5 Å². The number of nitriles is 1. The Bertz CT molecular complexity index is 1000. The number of benzene rings is 2. The van der Waals surface area contributed by atoms with Crippen molar-refractivity contribution < 1.29 is 24.2 Å². The van der Waals surface area contributed by atoms with Crippen molar-refractivity contribution in [1.29, 1.82) is 5.26 Å². The number of alkyl carbamates (subject to hydrolysis) is 1. The van der Waals surface area contributed by atoms with Crippen molar-refractivity contribution in [3.05, 3.63) is 59.7 Å². The van der Waals surface area contributed by atoms with E-state index in [9.17, 15) is 14.4 Å². The Morgan fingerprint density at radius 3 is 2.28 bits per heavy atom. The van der Waals surface area contributed by atoms with Gasteiger partial charge in [-0.05, 0) is 35.1 Å². The van der Waals surface area contributed by atoms with Gasteiger partial charge >= 0.3 is 12.1 Å². The van der Waals surface area contributed by atoms with Gasteiger partial charge in [0.25, 0.3) is 0 Å². The third-order valence-corrected chi connectivity index (χ3v) is 5.46. The molecule has 8 heteroatoms. The summed E-state index contributed by atoms with van der Waals surface area (Å²) in [5.41, 5.74) is 4.36. The lowest BCUT2D eigenvalue weighted by molar-refractivity contribution is -0.144. The lowest BCUT2D eigenvalue weighted by Crippen LogP contribution is -2.48. The SMILES string of the molecule is CN(CC(=O)O)C(=O)C(CCCC#N)NC(=O)OCC1c2ccccc2-c2ccccc21. The molecule has 2 amide bonds. The van der Waals surface area contributed by atoms with Crippen LogP contribution in [-0.4, -0.2) is 54.2 Å². The van der Waals surface area contributed by atoms with Gasteiger partial charge in [-0.1, -0.05) is 48.5 Å². The van der Waals surface area contributed by atoms with Crippen molar-refractivity contribution in [3.8, 4) is 17.2 Å². The maximum atomic E-state index is 12.6. The number of carboxylic acids is 1. The maximum Gasteiger partial charge on any atom is 0.407 e. The summed E-state index contributed by atoms with van der Waals surface area (Å²) in [7, 11) is 1.35. The van der Waals surface area contributed by atoms with Gasteiger partial charge in [-0.3, -0.25) is 9.59 Å². The number of hydrogen-bond acceptors (Lipinski definition) is 5. The maximum absolute atomic E-state index is 12.6. The fraction of sp³-hybridized carbons (Fsp3) is 0.333. The van der Waals surface area contributed by atoms with Crippen molar-refractivity contribution >= 4 is 18.0 Å². The normalized spacial score (nSPS) is 12.8. The number of nitrogens with zero attached hydrogens (tertiary/aromatic N) is 2. The Morgan fingerprint density at radius 2 is 1.72 bits per heavy atom. The lowest BCUT2D eigenvalue weighted by atomic mass is 9.98. The van der Waals surface area contributed by atoms with E-state index < -0.39 is 30.6 Å². The summed E-state index contributed by atoms with van der Waals surface area (Å²) < 4.78 is 5.49. The van der Waals surface area contributed by atoms with Gasteiger partial charge in [0.1, 0.15) is 19.2 Å². The summed E-state index contributed by atoms with van der Waals surface area (Å²) in [4.78, 5) is 37.1. The van der Waals surface area contributed by atoms with Crippen LogP contribution in [0.3, 0.4) is 0 Å². The molecule has 1 unspecified atom stereocenters. The van der Waals surface area contributed by atoms with E-state index in [1.807, 2.05) is 54.6 Å². The van der Waals surface area contributed by atoms with Crippen LogP contribution in [-0.2, 0) is 14.3 Å². The molecule has 8 nitrogen and oxygen atoms in total. The van der Waals surface area contributed by atoms with Gasteiger partial charge in [-0.25, -0.2) is 4.79 Å². The minimum Gasteiger partial charge on any atom is -0.480 e. The molecule has 2 aromatic carbocycles. The molecule has 1 aliphatic carbocycles. The Morgan fingerprint density at radius 1 is 1.12 bits per heavy atom. The zero-order chi connectivity index (χ0) is 23.1. The van der Waals surface area contributed by atoms with E-state index in [0.717, 1.165) is 27.2 Å². The molecule has 2 aromatic rings. The van der Waals surface area contributed by atoms with Crippen LogP contribution in [0.1, 0.15) is 36.3 Å². The highest BCUT2D eigenvalue weighted by Crippen LogP contribution is 2.44. The first-order valence-corrected chi connectivity index (χ1v) is 10.4. The summed E-state index contributed by atoms with van der Waals surface area (Å²) in [5.74, 6) is -1.81. The van der Waals surface area contributed by atoms with Gasteiger partial charge in [0, 0.05) is 19.4 Å². The van der Waals surface area contributed by atoms with Crippen molar-refractivity contribution in [2.75, 3.05) is 20.2 Å². The van der Waals surface area contributed by atoms with Gasteiger partial charge in [-0.2, -0.15) is 5.26 Å². The molecule has 32 heavy (non-hydrogen) atoms. The third-order valence-electron chi connectivity index (χ3n) is 5.46. The summed E-state index contributed by atoms with van der Waals surface area (Å²) >= 11 is 0. The summed E-state index contributed by atoms with van der Waals surface area (Å²) in [6.07, 6.45) is 0.0579. The predicted octanol–water partition coefficient (Wildman–Crippen LogP) is 3.13. The first-order valence-electron chi connectivity index (χ1n) is 10.4. The zero-order valence-corrected chi connectivity index (χ0v) is 17.8. The second kappa shape index (κ2) is 10.4. The van der Waals surface area contributed by atoms with Crippen LogP contribution in [0.2, 0.25) is 0 Å². The van der Waals surface area contributed by atoms with E-state index >= 15 is 0 Å². The number of hydrogen-bond donors (Lipinski definition) is 2. The first-order chi connectivity index (χ1) is 15.4. The second-order valence-corrected chi connectivity index (χ2v) is 7.66. The fourth-order valence-corrected chi connectivity index (χ4v) is 3.97. The number of amides is 2. The minimum atomic E-state index is -1.15. The molecule has 166 valence electrons. The average molecular weight is 435 g/mol. The molecule has 0 saturated heterocycles. The third kappa shape index (κ3) is 5.24. The molecule has 0 saturated carbocycles. The Hall–Kier alpha value is -3.86. The molecule has 1 atom stereocenters. The highest BCUT2D eigenvalue weighted by atomic mass is 16.5. The predicted molar refractivity (Wildman–Crippen MR) is 117 cm³/mol. The molecule has 1 aliphatic rings. The van der Waals surface area contributed by atoms with E-state index in [0.29, 0.717) is 6.42 Å². The van der Waals surface area contributed by atoms with E-state index in [-0.39, 0.29) is 25.4 Å². The van der Waals surface area contributed by atoms with E-state index in [1.165, 1.54) is 7.05 Å². The lowest BCUT2D eigenvalue weighted by Gasteiger charge is -2.23. The number of aliphatic carboxylic acids is 1. The number of carbonyl (C=O) groups is 3. The molecule has 0 spiro atoms. The molecule has 0 heterocycles. The number of ether oxygens (including phenoxy) is 1. The topological polar surface area (TPSA) is 120 Å². The number of carbonyl (C=O) groups excluding carboxylic acids is 2. The largest absolute Gasteiger partial charge is 0.480 e. The van der Waals surface area contributed by atoms with E-state index in [1.54, 1.807) is 0 Å². The van der Waals surface area contributed by atoms with Crippen LogP contribution in [0.25, 0.3) is 11.1 Å². The fourth-order valence-electron chi connectivity index (χ4n) is 3.97. The molecule has 0 aromatic heterocycles. The summed E-state index contributed by atoms with van der Waals surface area (Å²) in [6, 6.07) is 16.9. The Labute approximate surface area is 186 Å².